The lowest BCUT2D eigenvalue weighted by Crippen LogP contribution is -2.19. The van der Waals surface area contributed by atoms with Crippen LogP contribution in [0.15, 0.2) is 12.2 Å². The Morgan fingerprint density at radius 1 is 0.833 bits per heavy atom. The summed E-state index contributed by atoms with van der Waals surface area (Å²) in [6.07, 6.45) is 21.5. The number of ether oxygens (including phenoxy) is 1. The van der Waals surface area contributed by atoms with E-state index in [-0.39, 0.29) is 0 Å². The van der Waals surface area contributed by atoms with Crippen LogP contribution in [-0.2, 0) is 9.53 Å². The van der Waals surface area contributed by atoms with Crippen molar-refractivity contribution >= 4 is 5.97 Å². The molecule has 142 valence electrons. The molecule has 3 nitrogen and oxygen atoms in total. The lowest BCUT2D eigenvalue weighted by atomic mass is 10.1. The van der Waals surface area contributed by atoms with E-state index in [1.807, 2.05) is 0 Å². The molecule has 0 saturated heterocycles. The van der Waals surface area contributed by atoms with Gasteiger partial charge in [-0.2, -0.15) is 0 Å². The molecule has 0 spiro atoms. The molecule has 1 atom stereocenters. The first-order valence-corrected chi connectivity index (χ1v) is 10.2. The van der Waals surface area contributed by atoms with Gasteiger partial charge in [0.2, 0.25) is 0 Å². The van der Waals surface area contributed by atoms with Gasteiger partial charge in [-0.3, -0.25) is 0 Å². The van der Waals surface area contributed by atoms with E-state index in [1.54, 1.807) is 0 Å². The number of unbranched alkanes of at least 4 members (excludes halogenated alkanes) is 12. The molecule has 0 bridgehead atoms. The van der Waals surface area contributed by atoms with Gasteiger partial charge in [0.1, 0.15) is 6.10 Å². The van der Waals surface area contributed by atoms with Gasteiger partial charge in [-0.25, -0.2) is 4.79 Å². The maximum atomic E-state index is 11.0. The second-order valence-electron chi connectivity index (χ2n) is 6.78. The highest BCUT2D eigenvalue weighted by molar-refractivity contribution is 5.73. The zero-order chi connectivity index (χ0) is 17.9. The van der Waals surface area contributed by atoms with Gasteiger partial charge >= 0.3 is 5.97 Å². The summed E-state index contributed by atoms with van der Waals surface area (Å²) in [4.78, 5) is 11.0. The molecule has 0 aromatic rings. The predicted molar refractivity (Wildman–Crippen MR) is 102 cm³/mol. The molecule has 3 heteroatoms. The third kappa shape index (κ3) is 17.5. The van der Waals surface area contributed by atoms with Crippen LogP contribution in [0.2, 0.25) is 0 Å². The topological polar surface area (TPSA) is 46.5 Å². The Morgan fingerprint density at radius 3 is 1.79 bits per heavy atom. The molecule has 0 radical (unpaired) electrons. The van der Waals surface area contributed by atoms with Crippen LogP contribution in [0.4, 0.5) is 0 Å². The summed E-state index contributed by atoms with van der Waals surface area (Å²) < 4.78 is 4.92. The summed E-state index contributed by atoms with van der Waals surface area (Å²) in [6, 6.07) is 0. The maximum Gasteiger partial charge on any atom is 0.334 e. The molecule has 0 amide bonds. The quantitative estimate of drug-likeness (QED) is 0.202. The van der Waals surface area contributed by atoms with Gasteiger partial charge in [0.25, 0.3) is 0 Å². The highest BCUT2D eigenvalue weighted by atomic mass is 16.5. The molecule has 0 aliphatic heterocycles. The van der Waals surface area contributed by atoms with Gasteiger partial charge in [-0.15, -0.1) is 0 Å². The van der Waals surface area contributed by atoms with Crippen LogP contribution in [0.25, 0.3) is 0 Å². The van der Waals surface area contributed by atoms with Crippen LogP contribution >= 0.6 is 0 Å². The average molecular weight is 341 g/mol. The Morgan fingerprint density at radius 2 is 1.29 bits per heavy atom. The fraction of sp³-hybridized carbons (Fsp3) is 0.857. The summed E-state index contributed by atoms with van der Waals surface area (Å²) in [5, 5.41) is 8.98. The van der Waals surface area contributed by atoms with Gasteiger partial charge in [-0.1, -0.05) is 76.9 Å². The van der Waals surface area contributed by atoms with Gasteiger partial charge in [0.05, 0.1) is 6.61 Å². The highest BCUT2D eigenvalue weighted by Crippen LogP contribution is 2.10. The van der Waals surface area contributed by atoms with Crippen molar-refractivity contribution in [2.24, 2.45) is 0 Å². The number of esters is 1. The third-order valence-electron chi connectivity index (χ3n) is 4.24. The SMILES string of the molecule is CCCCCCCC/C=C\CCCCCCCCOC(=O)[C@H](C)O. The Bertz CT molecular complexity index is 297. The summed E-state index contributed by atoms with van der Waals surface area (Å²) in [5.74, 6) is -0.511. The van der Waals surface area contributed by atoms with Gasteiger partial charge in [0.15, 0.2) is 0 Å². The Kier molecular flexibility index (Phi) is 17.9. The zero-order valence-electron chi connectivity index (χ0n) is 16.1. The summed E-state index contributed by atoms with van der Waals surface area (Å²) in [7, 11) is 0. The molecule has 24 heavy (non-hydrogen) atoms. The van der Waals surface area contributed by atoms with Crippen molar-refractivity contribution in [3.8, 4) is 0 Å². The molecule has 0 unspecified atom stereocenters. The van der Waals surface area contributed by atoms with Crippen LogP contribution in [0.5, 0.6) is 0 Å². The molecule has 1 N–H and O–H groups in total. The van der Waals surface area contributed by atoms with Gasteiger partial charge in [-0.05, 0) is 39.0 Å². The molecule has 0 aromatic carbocycles. The standard InChI is InChI=1S/C21H40O3/c1-3-4-5-6-7-8-9-10-11-12-13-14-15-16-17-18-19-24-21(23)20(2)22/h10-11,20,22H,3-9,12-19H2,1-2H3/b11-10-/t20-/m0/s1. The monoisotopic (exact) mass is 340 g/mol. The molecule has 0 saturated carbocycles. The second-order valence-corrected chi connectivity index (χ2v) is 6.78. The largest absolute Gasteiger partial charge is 0.464 e. The summed E-state index contributed by atoms with van der Waals surface area (Å²) in [6.45, 7) is 4.13. The number of allylic oxidation sites excluding steroid dienone is 2. The van der Waals surface area contributed by atoms with Crippen molar-refractivity contribution < 1.29 is 14.6 Å². The molecule has 0 aromatic heterocycles. The minimum Gasteiger partial charge on any atom is -0.464 e. The van der Waals surface area contributed by atoms with E-state index in [1.165, 1.54) is 84.0 Å². The van der Waals surface area contributed by atoms with Crippen molar-refractivity contribution in [1.82, 2.24) is 0 Å². The van der Waals surface area contributed by atoms with Crippen molar-refractivity contribution in [2.75, 3.05) is 6.61 Å². The van der Waals surface area contributed by atoms with Crippen LogP contribution in [0.1, 0.15) is 104 Å². The molecule has 0 rings (SSSR count). The molecular formula is C21H40O3. The lowest BCUT2D eigenvalue weighted by Gasteiger charge is -2.06. The van der Waals surface area contributed by atoms with Crippen LogP contribution < -0.4 is 0 Å². The van der Waals surface area contributed by atoms with Gasteiger partial charge < -0.3 is 9.84 Å². The van der Waals surface area contributed by atoms with Gasteiger partial charge in [0, 0.05) is 0 Å². The number of aliphatic hydroxyl groups excluding tert-OH is 1. The van der Waals surface area contributed by atoms with Crippen LogP contribution in [-0.4, -0.2) is 23.8 Å². The van der Waals surface area contributed by atoms with E-state index in [0.29, 0.717) is 6.61 Å². The molecule has 0 heterocycles. The number of carbonyl (C=O) groups excluding carboxylic acids is 1. The van der Waals surface area contributed by atoms with E-state index < -0.39 is 12.1 Å². The normalized spacial score (nSPS) is 12.6. The van der Waals surface area contributed by atoms with Crippen molar-refractivity contribution in [1.29, 1.82) is 0 Å². The number of aliphatic hydroxyl groups is 1. The summed E-state index contributed by atoms with van der Waals surface area (Å²) in [5.41, 5.74) is 0. The molecule has 0 aliphatic rings. The van der Waals surface area contributed by atoms with E-state index >= 15 is 0 Å². The Labute approximate surface area is 149 Å². The smallest absolute Gasteiger partial charge is 0.334 e. The minimum atomic E-state index is -1.00. The fourth-order valence-electron chi connectivity index (χ4n) is 2.64. The number of carbonyl (C=O) groups is 1. The number of hydrogen-bond donors (Lipinski definition) is 1. The fourth-order valence-corrected chi connectivity index (χ4v) is 2.64. The second kappa shape index (κ2) is 18.5. The number of rotatable bonds is 17. The number of hydrogen-bond acceptors (Lipinski definition) is 3. The van der Waals surface area contributed by atoms with Crippen molar-refractivity contribution in [3.05, 3.63) is 12.2 Å². The molecular weight excluding hydrogens is 300 g/mol. The third-order valence-corrected chi connectivity index (χ3v) is 4.24. The van der Waals surface area contributed by atoms with Crippen molar-refractivity contribution in [3.63, 3.8) is 0 Å². The summed E-state index contributed by atoms with van der Waals surface area (Å²) >= 11 is 0. The lowest BCUT2D eigenvalue weighted by molar-refractivity contribution is -0.152. The first-order valence-electron chi connectivity index (χ1n) is 10.2. The Balaban J connectivity index is 3.14. The van der Waals surface area contributed by atoms with E-state index in [4.69, 9.17) is 9.84 Å². The zero-order valence-corrected chi connectivity index (χ0v) is 16.1. The first kappa shape index (κ1) is 23.2. The first-order chi connectivity index (χ1) is 11.7. The maximum absolute atomic E-state index is 11.0. The van der Waals surface area contributed by atoms with E-state index in [9.17, 15) is 4.79 Å². The average Bonchev–Trinajstić information content (AvgIpc) is 2.57. The van der Waals surface area contributed by atoms with Crippen molar-refractivity contribution in [2.45, 2.75) is 110 Å². The minimum absolute atomic E-state index is 0.435. The van der Waals surface area contributed by atoms with E-state index in [0.717, 1.165) is 12.8 Å². The van der Waals surface area contributed by atoms with E-state index in [2.05, 4.69) is 19.1 Å². The molecule has 0 fully saturated rings. The molecule has 0 aliphatic carbocycles. The van der Waals surface area contributed by atoms with Crippen LogP contribution in [0, 0.1) is 0 Å². The van der Waals surface area contributed by atoms with Crippen LogP contribution in [0.3, 0.4) is 0 Å². The Hall–Kier alpha value is -0.830. The highest BCUT2D eigenvalue weighted by Gasteiger charge is 2.08. The predicted octanol–water partition coefficient (Wildman–Crippen LogP) is 5.95.